The number of hydrogen-bond donors (Lipinski definition) is 2. The second-order valence-corrected chi connectivity index (χ2v) is 3.43. The predicted octanol–water partition coefficient (Wildman–Crippen LogP) is 1.42. The number of aromatic nitrogens is 2. The van der Waals surface area contributed by atoms with Crippen LogP contribution in [0.15, 0.2) is 47.5 Å². The van der Waals surface area contributed by atoms with Crippen LogP contribution in [-0.4, -0.2) is 16.5 Å². The maximum absolute atomic E-state index is 11.3. The second-order valence-electron chi connectivity index (χ2n) is 3.43. The molecule has 0 saturated carbocycles. The van der Waals surface area contributed by atoms with Gasteiger partial charge in [-0.3, -0.25) is 4.79 Å². The molecule has 0 radical (unpaired) electrons. The minimum Gasteiger partial charge on any atom is -0.365 e. The molecule has 0 aliphatic rings. The second kappa shape index (κ2) is 5.11. The Morgan fingerprint density at radius 1 is 1.25 bits per heavy atom. The topological polar surface area (TPSA) is 57.8 Å². The van der Waals surface area contributed by atoms with Crippen molar-refractivity contribution in [3.05, 3.63) is 58.6 Å². The molecular formula is C12H13N3O. The third kappa shape index (κ3) is 2.70. The summed E-state index contributed by atoms with van der Waals surface area (Å²) in [6.45, 7) is 0.699. The van der Waals surface area contributed by atoms with Crippen molar-refractivity contribution < 1.29 is 0 Å². The van der Waals surface area contributed by atoms with Crippen LogP contribution in [0.1, 0.15) is 5.56 Å². The summed E-state index contributed by atoms with van der Waals surface area (Å²) in [6, 6.07) is 10.1. The summed E-state index contributed by atoms with van der Waals surface area (Å²) < 4.78 is 0. The van der Waals surface area contributed by atoms with Gasteiger partial charge in [0.2, 0.25) is 0 Å². The average Bonchev–Trinajstić information content (AvgIpc) is 2.33. The van der Waals surface area contributed by atoms with E-state index in [0.717, 1.165) is 6.42 Å². The first-order chi connectivity index (χ1) is 7.86. The molecule has 0 aliphatic heterocycles. The number of H-pyrrole nitrogens is 1. The molecule has 2 aromatic rings. The molecule has 0 saturated heterocycles. The monoisotopic (exact) mass is 215 g/mol. The third-order valence-corrected chi connectivity index (χ3v) is 2.26. The molecule has 0 bridgehead atoms. The van der Waals surface area contributed by atoms with Crippen molar-refractivity contribution in [2.45, 2.75) is 6.42 Å². The maximum atomic E-state index is 11.3. The zero-order valence-corrected chi connectivity index (χ0v) is 8.81. The normalized spacial score (nSPS) is 10.0. The maximum Gasteiger partial charge on any atom is 0.290 e. The summed E-state index contributed by atoms with van der Waals surface area (Å²) in [4.78, 5) is 17.8. The zero-order chi connectivity index (χ0) is 11.2. The first kappa shape index (κ1) is 10.4. The van der Waals surface area contributed by atoms with E-state index in [-0.39, 0.29) is 5.56 Å². The van der Waals surface area contributed by atoms with Gasteiger partial charge in [0.25, 0.3) is 5.56 Å². The Morgan fingerprint density at radius 3 is 2.81 bits per heavy atom. The van der Waals surface area contributed by atoms with E-state index in [2.05, 4.69) is 27.4 Å². The Bertz CT molecular complexity index is 493. The van der Waals surface area contributed by atoms with E-state index in [0.29, 0.717) is 12.4 Å². The number of benzene rings is 1. The van der Waals surface area contributed by atoms with Crippen LogP contribution in [-0.2, 0) is 6.42 Å². The van der Waals surface area contributed by atoms with E-state index in [1.807, 2.05) is 18.2 Å². The van der Waals surface area contributed by atoms with E-state index in [4.69, 9.17) is 0 Å². The smallest absolute Gasteiger partial charge is 0.290 e. The average molecular weight is 215 g/mol. The highest BCUT2D eigenvalue weighted by atomic mass is 16.1. The fraction of sp³-hybridized carbons (Fsp3) is 0.167. The van der Waals surface area contributed by atoms with Gasteiger partial charge in [-0.05, 0) is 12.0 Å². The molecule has 4 nitrogen and oxygen atoms in total. The molecule has 1 aromatic carbocycles. The molecule has 0 spiro atoms. The largest absolute Gasteiger partial charge is 0.365 e. The molecule has 0 unspecified atom stereocenters. The summed E-state index contributed by atoms with van der Waals surface area (Å²) >= 11 is 0. The van der Waals surface area contributed by atoms with E-state index >= 15 is 0 Å². The van der Waals surface area contributed by atoms with Crippen molar-refractivity contribution in [2.75, 3.05) is 11.9 Å². The first-order valence-corrected chi connectivity index (χ1v) is 5.18. The van der Waals surface area contributed by atoms with Crippen LogP contribution in [0.5, 0.6) is 0 Å². The number of anilines is 1. The summed E-state index contributed by atoms with van der Waals surface area (Å²) in [7, 11) is 0. The van der Waals surface area contributed by atoms with Crippen LogP contribution in [0, 0.1) is 0 Å². The van der Waals surface area contributed by atoms with Gasteiger partial charge < -0.3 is 10.3 Å². The van der Waals surface area contributed by atoms with Gasteiger partial charge in [0.15, 0.2) is 5.82 Å². The molecule has 0 aliphatic carbocycles. The molecule has 2 N–H and O–H groups in total. The highest BCUT2D eigenvalue weighted by Gasteiger charge is 1.98. The van der Waals surface area contributed by atoms with Crippen molar-refractivity contribution in [2.24, 2.45) is 0 Å². The molecule has 0 atom stereocenters. The lowest BCUT2D eigenvalue weighted by atomic mass is 10.1. The molecule has 82 valence electrons. The van der Waals surface area contributed by atoms with Gasteiger partial charge in [-0.1, -0.05) is 30.3 Å². The lowest BCUT2D eigenvalue weighted by molar-refractivity contribution is 0.990. The minimum absolute atomic E-state index is 0.185. The summed E-state index contributed by atoms with van der Waals surface area (Å²) in [5.41, 5.74) is 1.05. The Hall–Kier alpha value is -2.10. The lowest BCUT2D eigenvalue weighted by Crippen LogP contribution is -2.17. The van der Waals surface area contributed by atoms with E-state index < -0.39 is 0 Å². The summed E-state index contributed by atoms with van der Waals surface area (Å²) in [5, 5.41) is 3.01. The van der Waals surface area contributed by atoms with E-state index in [9.17, 15) is 4.79 Å². The number of aromatic amines is 1. The Morgan fingerprint density at radius 2 is 2.06 bits per heavy atom. The van der Waals surface area contributed by atoms with Crippen LogP contribution < -0.4 is 10.9 Å². The van der Waals surface area contributed by atoms with Crippen molar-refractivity contribution in [3.63, 3.8) is 0 Å². The molecular weight excluding hydrogens is 202 g/mol. The van der Waals surface area contributed by atoms with Crippen LogP contribution in [0.25, 0.3) is 0 Å². The Balaban J connectivity index is 1.90. The van der Waals surface area contributed by atoms with Crippen LogP contribution in [0.4, 0.5) is 5.82 Å². The van der Waals surface area contributed by atoms with Gasteiger partial charge in [-0.15, -0.1) is 0 Å². The van der Waals surface area contributed by atoms with Gasteiger partial charge in [0.05, 0.1) is 0 Å². The number of hydrogen-bond acceptors (Lipinski definition) is 3. The quantitative estimate of drug-likeness (QED) is 0.811. The van der Waals surface area contributed by atoms with Crippen molar-refractivity contribution in [3.8, 4) is 0 Å². The highest BCUT2D eigenvalue weighted by molar-refractivity contribution is 5.30. The SMILES string of the molecule is O=c1[nH]ccnc1NCCc1ccccc1. The predicted molar refractivity (Wildman–Crippen MR) is 63.5 cm³/mol. The van der Waals surface area contributed by atoms with E-state index in [1.165, 1.54) is 11.8 Å². The first-order valence-electron chi connectivity index (χ1n) is 5.18. The van der Waals surface area contributed by atoms with Gasteiger partial charge >= 0.3 is 0 Å². The number of nitrogens with one attached hydrogen (secondary N) is 2. The number of nitrogens with zero attached hydrogens (tertiary/aromatic N) is 1. The Kier molecular flexibility index (Phi) is 3.33. The van der Waals surface area contributed by atoms with E-state index in [1.54, 1.807) is 6.20 Å². The third-order valence-electron chi connectivity index (χ3n) is 2.26. The fourth-order valence-corrected chi connectivity index (χ4v) is 1.45. The van der Waals surface area contributed by atoms with Crippen molar-refractivity contribution in [1.29, 1.82) is 0 Å². The summed E-state index contributed by atoms with van der Waals surface area (Å²) in [5.74, 6) is 0.374. The highest BCUT2D eigenvalue weighted by Crippen LogP contribution is 1.99. The van der Waals surface area contributed by atoms with Gasteiger partial charge in [0.1, 0.15) is 0 Å². The fourth-order valence-electron chi connectivity index (χ4n) is 1.45. The molecule has 2 rings (SSSR count). The summed E-state index contributed by atoms with van der Waals surface area (Å²) in [6.07, 6.45) is 3.95. The van der Waals surface area contributed by atoms with Crippen LogP contribution in [0.2, 0.25) is 0 Å². The molecule has 1 aromatic heterocycles. The van der Waals surface area contributed by atoms with Crippen molar-refractivity contribution in [1.82, 2.24) is 9.97 Å². The molecule has 4 heteroatoms. The molecule has 0 amide bonds. The zero-order valence-electron chi connectivity index (χ0n) is 8.81. The van der Waals surface area contributed by atoms with Crippen molar-refractivity contribution >= 4 is 5.82 Å². The lowest BCUT2D eigenvalue weighted by Gasteiger charge is -2.03. The molecule has 16 heavy (non-hydrogen) atoms. The minimum atomic E-state index is -0.185. The molecule has 0 fully saturated rings. The van der Waals surface area contributed by atoms with Gasteiger partial charge in [0, 0.05) is 18.9 Å². The standard InChI is InChI=1S/C12H13N3O/c16-12-11(14-8-9-15-12)13-7-6-10-4-2-1-3-5-10/h1-5,8-9H,6-7H2,(H,13,14)(H,15,16). The van der Waals surface area contributed by atoms with Crippen LogP contribution in [0.3, 0.4) is 0 Å². The number of rotatable bonds is 4. The van der Waals surface area contributed by atoms with Crippen LogP contribution >= 0.6 is 0 Å². The van der Waals surface area contributed by atoms with Gasteiger partial charge in [-0.2, -0.15) is 0 Å². The van der Waals surface area contributed by atoms with Gasteiger partial charge in [-0.25, -0.2) is 4.98 Å². The Labute approximate surface area is 93.4 Å². The molecule has 1 heterocycles.